The molecule has 0 aliphatic heterocycles. The number of benzene rings is 1. The van der Waals surface area contributed by atoms with Gasteiger partial charge < -0.3 is 15.5 Å². The van der Waals surface area contributed by atoms with Crippen LogP contribution < -0.4 is 5.32 Å². The van der Waals surface area contributed by atoms with Gasteiger partial charge in [0.1, 0.15) is 0 Å². The topological polar surface area (TPSA) is 55.7 Å². The molecule has 1 aromatic carbocycles. The maximum absolute atomic E-state index is 8.98. The molecule has 0 saturated carbocycles. The molecule has 108 valence electrons. The highest BCUT2D eigenvalue weighted by molar-refractivity contribution is 6.30. The summed E-state index contributed by atoms with van der Waals surface area (Å²) in [6.07, 6.45) is 0.900. The minimum atomic E-state index is 0.112. The molecule has 1 atom stereocenters. The molecule has 0 aliphatic carbocycles. The smallest absolute Gasteiger partial charge is 0.0558 e. The summed E-state index contributed by atoms with van der Waals surface area (Å²) in [5.41, 5.74) is 1.16. The second-order valence-corrected chi connectivity index (χ2v) is 4.91. The summed E-state index contributed by atoms with van der Waals surface area (Å²) in [4.78, 5) is 2.05. The van der Waals surface area contributed by atoms with Crippen molar-refractivity contribution in [2.45, 2.75) is 12.5 Å². The summed E-state index contributed by atoms with van der Waals surface area (Å²) in [6.45, 7) is 2.22. The van der Waals surface area contributed by atoms with Crippen LogP contribution in [0.5, 0.6) is 0 Å². The van der Waals surface area contributed by atoms with Crippen molar-refractivity contribution in [3.8, 4) is 0 Å². The van der Waals surface area contributed by atoms with Gasteiger partial charge in [0.15, 0.2) is 0 Å². The highest BCUT2D eigenvalue weighted by Crippen LogP contribution is 2.20. The highest BCUT2D eigenvalue weighted by atomic mass is 35.5. The van der Waals surface area contributed by atoms with Gasteiger partial charge in [0.2, 0.25) is 0 Å². The lowest BCUT2D eigenvalue weighted by Crippen LogP contribution is -2.33. The van der Waals surface area contributed by atoms with Gasteiger partial charge in [-0.25, -0.2) is 0 Å². The maximum atomic E-state index is 8.98. The molecular weight excluding hydrogens is 264 g/mol. The second-order valence-electron chi connectivity index (χ2n) is 4.47. The summed E-state index contributed by atoms with van der Waals surface area (Å²) in [5, 5.41) is 22.0. The van der Waals surface area contributed by atoms with E-state index in [4.69, 9.17) is 21.8 Å². The Morgan fingerprint density at radius 1 is 1.21 bits per heavy atom. The number of aliphatic hydroxyl groups is 2. The number of hydrogen-bond donors (Lipinski definition) is 3. The van der Waals surface area contributed by atoms with Crippen LogP contribution in [-0.2, 0) is 0 Å². The van der Waals surface area contributed by atoms with Crippen LogP contribution in [0.4, 0.5) is 0 Å². The van der Waals surface area contributed by atoms with E-state index in [1.165, 1.54) is 0 Å². The van der Waals surface area contributed by atoms with Crippen molar-refractivity contribution in [1.82, 2.24) is 10.2 Å². The molecular formula is C14H23ClN2O2. The van der Waals surface area contributed by atoms with Crippen molar-refractivity contribution in [2.75, 3.05) is 39.9 Å². The lowest BCUT2D eigenvalue weighted by Gasteiger charge is -2.24. The van der Waals surface area contributed by atoms with Crippen LogP contribution >= 0.6 is 11.6 Å². The summed E-state index contributed by atoms with van der Waals surface area (Å²) in [5.74, 6) is 0. The molecule has 0 heterocycles. The first-order valence-electron chi connectivity index (χ1n) is 6.58. The summed E-state index contributed by atoms with van der Waals surface area (Å²) >= 11 is 6.00. The number of hydrogen-bond acceptors (Lipinski definition) is 4. The van der Waals surface area contributed by atoms with E-state index < -0.39 is 0 Å². The van der Waals surface area contributed by atoms with Crippen LogP contribution in [-0.4, -0.2) is 55.0 Å². The van der Waals surface area contributed by atoms with E-state index in [2.05, 4.69) is 16.3 Å². The largest absolute Gasteiger partial charge is 0.395 e. The molecule has 0 aliphatic rings. The van der Waals surface area contributed by atoms with Crippen molar-refractivity contribution >= 4 is 11.6 Å². The molecule has 0 aromatic heterocycles. The Morgan fingerprint density at radius 2 is 1.89 bits per heavy atom. The number of nitrogens with one attached hydrogen (secondary N) is 1. The van der Waals surface area contributed by atoms with Crippen LogP contribution in [0, 0.1) is 0 Å². The average Bonchev–Trinajstić information content (AvgIpc) is 2.40. The standard InChI is InChI=1S/C14H23ClN2O2/c1-16-14(12-3-2-4-13(15)11-12)5-6-17(7-9-18)8-10-19/h2-4,11,14,16,18-19H,5-10H2,1H3. The van der Waals surface area contributed by atoms with Crippen molar-refractivity contribution in [1.29, 1.82) is 0 Å². The molecule has 0 saturated heterocycles. The number of rotatable bonds is 9. The van der Waals surface area contributed by atoms with Gasteiger partial charge in [0.05, 0.1) is 13.2 Å². The first-order valence-corrected chi connectivity index (χ1v) is 6.96. The summed E-state index contributed by atoms with van der Waals surface area (Å²) in [6, 6.07) is 8.04. The molecule has 3 N–H and O–H groups in total. The van der Waals surface area contributed by atoms with E-state index >= 15 is 0 Å². The van der Waals surface area contributed by atoms with Crippen molar-refractivity contribution < 1.29 is 10.2 Å². The van der Waals surface area contributed by atoms with E-state index in [-0.39, 0.29) is 19.3 Å². The second kappa shape index (κ2) is 9.28. The van der Waals surface area contributed by atoms with Gasteiger partial charge in [-0.15, -0.1) is 0 Å². The Hall–Kier alpha value is -0.650. The third-order valence-electron chi connectivity index (χ3n) is 3.17. The highest BCUT2D eigenvalue weighted by Gasteiger charge is 2.12. The first kappa shape index (κ1) is 16.4. The molecule has 0 amide bonds. The normalized spacial score (nSPS) is 12.9. The molecule has 1 rings (SSSR count). The van der Waals surface area contributed by atoms with Gasteiger partial charge in [-0.1, -0.05) is 23.7 Å². The maximum Gasteiger partial charge on any atom is 0.0558 e. The Kier molecular flexibility index (Phi) is 8.02. The molecule has 1 aromatic rings. The molecule has 1 unspecified atom stereocenters. The lowest BCUT2D eigenvalue weighted by atomic mass is 10.0. The zero-order chi connectivity index (χ0) is 14.1. The molecule has 19 heavy (non-hydrogen) atoms. The van der Waals surface area contributed by atoms with Gasteiger partial charge in [-0.2, -0.15) is 0 Å². The minimum absolute atomic E-state index is 0.112. The van der Waals surface area contributed by atoms with E-state index in [0.717, 1.165) is 23.6 Å². The zero-order valence-electron chi connectivity index (χ0n) is 11.3. The van der Waals surface area contributed by atoms with Crippen LogP contribution in [0.3, 0.4) is 0 Å². The van der Waals surface area contributed by atoms with Crippen LogP contribution in [0.1, 0.15) is 18.0 Å². The SMILES string of the molecule is CNC(CCN(CCO)CCO)c1cccc(Cl)c1. The van der Waals surface area contributed by atoms with Crippen LogP contribution in [0.2, 0.25) is 5.02 Å². The Labute approximate surface area is 120 Å². The van der Waals surface area contributed by atoms with Gasteiger partial charge in [0, 0.05) is 30.7 Å². The fraction of sp³-hybridized carbons (Fsp3) is 0.571. The van der Waals surface area contributed by atoms with E-state index in [9.17, 15) is 0 Å². The first-order chi connectivity index (χ1) is 9.21. The number of halogens is 1. The third kappa shape index (κ3) is 5.89. The van der Waals surface area contributed by atoms with Crippen molar-refractivity contribution in [3.05, 3.63) is 34.9 Å². The number of nitrogens with zero attached hydrogens (tertiary/aromatic N) is 1. The Balaban J connectivity index is 2.56. The zero-order valence-corrected chi connectivity index (χ0v) is 12.1. The minimum Gasteiger partial charge on any atom is -0.395 e. The molecule has 0 spiro atoms. The molecule has 4 nitrogen and oxygen atoms in total. The Bertz CT molecular complexity index is 357. The predicted molar refractivity (Wildman–Crippen MR) is 78.5 cm³/mol. The molecule has 5 heteroatoms. The van der Waals surface area contributed by atoms with Crippen molar-refractivity contribution in [2.24, 2.45) is 0 Å². The average molecular weight is 287 g/mol. The molecule has 0 fully saturated rings. The summed E-state index contributed by atoms with van der Waals surface area (Å²) < 4.78 is 0. The molecule has 0 bridgehead atoms. The third-order valence-corrected chi connectivity index (χ3v) is 3.40. The Morgan fingerprint density at radius 3 is 2.42 bits per heavy atom. The predicted octanol–water partition coefficient (Wildman–Crippen LogP) is 1.28. The molecule has 0 radical (unpaired) electrons. The fourth-order valence-electron chi connectivity index (χ4n) is 2.13. The van der Waals surface area contributed by atoms with Gasteiger partial charge >= 0.3 is 0 Å². The monoisotopic (exact) mass is 286 g/mol. The van der Waals surface area contributed by atoms with Gasteiger partial charge in [0.25, 0.3) is 0 Å². The van der Waals surface area contributed by atoms with E-state index in [1.54, 1.807) is 0 Å². The van der Waals surface area contributed by atoms with E-state index in [1.807, 2.05) is 25.2 Å². The van der Waals surface area contributed by atoms with Gasteiger partial charge in [-0.05, 0) is 31.2 Å². The fourth-order valence-corrected chi connectivity index (χ4v) is 2.33. The van der Waals surface area contributed by atoms with Crippen molar-refractivity contribution in [3.63, 3.8) is 0 Å². The number of aliphatic hydroxyl groups excluding tert-OH is 2. The quantitative estimate of drug-likeness (QED) is 0.640. The summed E-state index contributed by atoms with van der Waals surface area (Å²) in [7, 11) is 1.92. The lowest BCUT2D eigenvalue weighted by molar-refractivity contribution is 0.156. The van der Waals surface area contributed by atoms with Gasteiger partial charge in [-0.3, -0.25) is 4.90 Å². The van der Waals surface area contributed by atoms with E-state index in [0.29, 0.717) is 13.1 Å². The van der Waals surface area contributed by atoms with Crippen LogP contribution in [0.25, 0.3) is 0 Å². The van der Waals surface area contributed by atoms with Crippen LogP contribution in [0.15, 0.2) is 24.3 Å².